The van der Waals surface area contributed by atoms with Crippen molar-refractivity contribution in [3.63, 3.8) is 0 Å². The zero-order valence-corrected chi connectivity index (χ0v) is 11.5. The molecule has 0 aromatic carbocycles. The summed E-state index contributed by atoms with van der Waals surface area (Å²) >= 11 is 0. The lowest BCUT2D eigenvalue weighted by Gasteiger charge is -2.40. The normalized spacial score (nSPS) is 32.8. The maximum Gasteiger partial charge on any atom is 0.0922 e. The van der Waals surface area contributed by atoms with Crippen LogP contribution in [0.3, 0.4) is 0 Å². The highest BCUT2D eigenvalue weighted by molar-refractivity contribution is 4.97. The van der Waals surface area contributed by atoms with Crippen molar-refractivity contribution in [2.45, 2.75) is 38.0 Å². The minimum atomic E-state index is 0.399. The van der Waals surface area contributed by atoms with Crippen molar-refractivity contribution >= 4 is 0 Å². The summed E-state index contributed by atoms with van der Waals surface area (Å²) < 4.78 is 11.4. The van der Waals surface area contributed by atoms with Crippen LogP contribution in [0.15, 0.2) is 12.5 Å². The van der Waals surface area contributed by atoms with E-state index >= 15 is 0 Å². The molecule has 0 amide bonds. The third-order valence-corrected chi connectivity index (χ3v) is 4.51. The molecule has 3 rings (SSSR count). The summed E-state index contributed by atoms with van der Waals surface area (Å²) in [4.78, 5) is 9.83. The first-order chi connectivity index (χ1) is 9.38. The number of methoxy groups -OCH3 is 1. The predicted octanol–water partition coefficient (Wildman–Crippen LogP) is 1.43. The third-order valence-electron chi connectivity index (χ3n) is 4.51. The fraction of sp³-hybridized carbons (Fsp3) is 0.786. The van der Waals surface area contributed by atoms with Gasteiger partial charge in [0.2, 0.25) is 0 Å². The Hall–Kier alpha value is -0.910. The van der Waals surface area contributed by atoms with Gasteiger partial charge in [0.25, 0.3) is 0 Å². The molecule has 1 saturated heterocycles. The minimum Gasteiger partial charge on any atom is -0.381 e. The van der Waals surface area contributed by atoms with Crippen molar-refractivity contribution < 1.29 is 9.47 Å². The molecule has 2 aliphatic rings. The molecular weight excluding hydrogens is 242 g/mol. The summed E-state index contributed by atoms with van der Waals surface area (Å²) in [5, 5.41) is 0. The quantitative estimate of drug-likeness (QED) is 0.894. The highest BCUT2D eigenvalue weighted by Gasteiger charge is 2.38. The molecule has 3 atom stereocenters. The minimum absolute atomic E-state index is 0.399. The van der Waals surface area contributed by atoms with Gasteiger partial charge < -0.3 is 14.5 Å². The van der Waals surface area contributed by atoms with Crippen LogP contribution in [0.2, 0.25) is 0 Å². The smallest absolute Gasteiger partial charge is 0.0922 e. The summed E-state index contributed by atoms with van der Waals surface area (Å²) in [5.74, 6) is 0.605. The van der Waals surface area contributed by atoms with E-state index in [0.717, 1.165) is 26.3 Å². The number of imidazole rings is 1. The lowest BCUT2D eigenvalue weighted by atomic mass is 9.94. The monoisotopic (exact) mass is 265 g/mol. The Bertz CT molecular complexity index is 382. The van der Waals surface area contributed by atoms with Gasteiger partial charge in [-0.05, 0) is 12.8 Å². The number of hydrogen-bond acceptors (Lipinski definition) is 4. The molecule has 5 heteroatoms. The summed E-state index contributed by atoms with van der Waals surface area (Å²) in [7, 11) is 1.84. The average molecular weight is 265 g/mol. The molecule has 2 heterocycles. The summed E-state index contributed by atoms with van der Waals surface area (Å²) in [6.45, 7) is 3.59. The Morgan fingerprint density at radius 2 is 2.47 bits per heavy atom. The van der Waals surface area contributed by atoms with E-state index < -0.39 is 0 Å². The van der Waals surface area contributed by atoms with Crippen LogP contribution in [0, 0.1) is 5.92 Å². The molecule has 5 nitrogen and oxygen atoms in total. The van der Waals surface area contributed by atoms with Crippen molar-refractivity contribution in [3.8, 4) is 0 Å². The van der Waals surface area contributed by atoms with Crippen molar-refractivity contribution in [1.82, 2.24) is 14.9 Å². The average Bonchev–Trinajstić information content (AvgIpc) is 3.09. The molecule has 106 valence electrons. The van der Waals surface area contributed by atoms with E-state index in [0.29, 0.717) is 18.1 Å². The SMILES string of the molecule is CO[C@@H]1CCC[C@H]1[C@H]1COCCN1Cc1cnc[nH]1. The first-order valence-electron chi connectivity index (χ1n) is 7.20. The van der Waals surface area contributed by atoms with Gasteiger partial charge in [0.05, 0.1) is 25.6 Å². The van der Waals surface area contributed by atoms with E-state index in [9.17, 15) is 0 Å². The standard InChI is InChI=1S/C14H23N3O2/c1-18-14-4-2-3-12(14)13-9-19-6-5-17(13)8-11-7-15-10-16-11/h7,10,12-14H,2-6,8-9H2,1H3,(H,15,16)/t12-,13+,14+/m0/s1. The molecule has 0 bridgehead atoms. The maximum absolute atomic E-state index is 5.71. The molecule has 1 aliphatic heterocycles. The number of H-pyrrole nitrogens is 1. The number of aromatic amines is 1. The van der Waals surface area contributed by atoms with Gasteiger partial charge in [-0.2, -0.15) is 0 Å². The zero-order valence-electron chi connectivity index (χ0n) is 11.5. The molecule has 1 aromatic heterocycles. The van der Waals surface area contributed by atoms with Gasteiger partial charge in [-0.15, -0.1) is 0 Å². The van der Waals surface area contributed by atoms with Crippen molar-refractivity contribution in [2.24, 2.45) is 5.92 Å². The second kappa shape index (κ2) is 6.03. The van der Waals surface area contributed by atoms with E-state index in [1.807, 2.05) is 13.3 Å². The highest BCUT2D eigenvalue weighted by Crippen LogP contribution is 2.34. The fourth-order valence-corrected chi connectivity index (χ4v) is 3.53. The van der Waals surface area contributed by atoms with E-state index in [-0.39, 0.29) is 0 Å². The number of aromatic nitrogens is 2. The lowest BCUT2D eigenvalue weighted by Crippen LogP contribution is -2.50. The number of hydrogen-bond donors (Lipinski definition) is 1. The Balaban J connectivity index is 1.69. The van der Waals surface area contributed by atoms with Crippen molar-refractivity contribution in [2.75, 3.05) is 26.9 Å². The number of nitrogens with zero attached hydrogens (tertiary/aromatic N) is 2. The lowest BCUT2D eigenvalue weighted by molar-refractivity contribution is -0.0611. The summed E-state index contributed by atoms with van der Waals surface area (Å²) in [6, 6.07) is 0.476. The number of ether oxygens (including phenoxy) is 2. The topological polar surface area (TPSA) is 50.4 Å². The highest BCUT2D eigenvalue weighted by atomic mass is 16.5. The van der Waals surface area contributed by atoms with Crippen LogP contribution >= 0.6 is 0 Å². The van der Waals surface area contributed by atoms with E-state index in [4.69, 9.17) is 9.47 Å². The van der Waals surface area contributed by atoms with E-state index in [1.54, 1.807) is 6.33 Å². The molecule has 1 aromatic rings. The Morgan fingerprint density at radius 3 is 3.26 bits per heavy atom. The van der Waals surface area contributed by atoms with Crippen LogP contribution in [0.4, 0.5) is 0 Å². The van der Waals surface area contributed by atoms with Gasteiger partial charge in [0.1, 0.15) is 0 Å². The molecule has 0 radical (unpaired) electrons. The van der Waals surface area contributed by atoms with Crippen LogP contribution in [0.25, 0.3) is 0 Å². The molecule has 1 aliphatic carbocycles. The van der Waals surface area contributed by atoms with Crippen LogP contribution < -0.4 is 0 Å². The third kappa shape index (κ3) is 2.83. The Labute approximate surface area is 114 Å². The Morgan fingerprint density at radius 1 is 1.53 bits per heavy atom. The first kappa shape index (κ1) is 13.1. The molecular formula is C14H23N3O2. The maximum atomic E-state index is 5.71. The summed E-state index contributed by atoms with van der Waals surface area (Å²) in [6.07, 6.45) is 7.78. The molecule has 1 saturated carbocycles. The number of nitrogens with one attached hydrogen (secondary N) is 1. The van der Waals surface area contributed by atoms with Gasteiger partial charge in [-0.3, -0.25) is 4.90 Å². The van der Waals surface area contributed by atoms with Crippen molar-refractivity contribution in [3.05, 3.63) is 18.2 Å². The van der Waals surface area contributed by atoms with Crippen LogP contribution in [-0.2, 0) is 16.0 Å². The molecule has 19 heavy (non-hydrogen) atoms. The van der Waals surface area contributed by atoms with Crippen LogP contribution in [0.1, 0.15) is 25.0 Å². The number of morpholine rings is 1. The van der Waals surface area contributed by atoms with Gasteiger partial charge in [0.15, 0.2) is 0 Å². The fourth-order valence-electron chi connectivity index (χ4n) is 3.53. The van der Waals surface area contributed by atoms with Gasteiger partial charge in [-0.1, -0.05) is 6.42 Å². The molecule has 0 unspecified atom stereocenters. The second-order valence-corrected chi connectivity index (χ2v) is 5.56. The molecule has 1 N–H and O–H groups in total. The number of rotatable bonds is 4. The van der Waals surface area contributed by atoms with E-state index in [2.05, 4.69) is 14.9 Å². The Kier molecular flexibility index (Phi) is 4.15. The molecule has 2 fully saturated rings. The summed E-state index contributed by atoms with van der Waals surface area (Å²) in [5.41, 5.74) is 1.18. The van der Waals surface area contributed by atoms with Gasteiger partial charge in [0, 0.05) is 44.0 Å². The largest absolute Gasteiger partial charge is 0.381 e. The second-order valence-electron chi connectivity index (χ2n) is 5.56. The first-order valence-corrected chi connectivity index (χ1v) is 7.20. The predicted molar refractivity (Wildman–Crippen MR) is 71.7 cm³/mol. The van der Waals surface area contributed by atoms with Gasteiger partial charge in [-0.25, -0.2) is 4.98 Å². The molecule has 0 spiro atoms. The van der Waals surface area contributed by atoms with Gasteiger partial charge >= 0.3 is 0 Å². The van der Waals surface area contributed by atoms with Crippen LogP contribution in [0.5, 0.6) is 0 Å². The van der Waals surface area contributed by atoms with Crippen LogP contribution in [-0.4, -0.2) is 53.9 Å². The zero-order chi connectivity index (χ0) is 13.1. The van der Waals surface area contributed by atoms with E-state index in [1.165, 1.54) is 25.0 Å². The van der Waals surface area contributed by atoms with Crippen molar-refractivity contribution in [1.29, 1.82) is 0 Å².